The van der Waals surface area contributed by atoms with Crippen molar-refractivity contribution in [3.05, 3.63) is 54.2 Å². The number of aromatic nitrogens is 1. The Labute approximate surface area is 152 Å². The minimum Gasteiger partial charge on any atom is -0.497 e. The number of hydrogen-bond acceptors (Lipinski definition) is 4. The number of fused-ring (bicyclic) bond motifs is 1. The van der Waals surface area contributed by atoms with Crippen LogP contribution in [-0.4, -0.2) is 31.1 Å². The monoisotopic (exact) mass is 352 g/mol. The Hall–Kier alpha value is -2.99. The highest BCUT2D eigenvalue weighted by atomic mass is 16.5. The Morgan fingerprint density at radius 2 is 2.04 bits per heavy atom. The van der Waals surface area contributed by atoms with Crippen molar-refractivity contribution in [1.82, 2.24) is 10.3 Å². The van der Waals surface area contributed by atoms with Crippen molar-refractivity contribution < 1.29 is 9.53 Å². The molecule has 136 valence electrons. The maximum absolute atomic E-state index is 12.0. The van der Waals surface area contributed by atoms with Gasteiger partial charge < -0.3 is 26.1 Å². The zero-order chi connectivity index (χ0) is 18.4. The Bertz CT molecular complexity index is 888. The lowest BCUT2D eigenvalue weighted by Crippen LogP contribution is -2.23. The summed E-state index contributed by atoms with van der Waals surface area (Å²) in [5, 5.41) is 7.31. The van der Waals surface area contributed by atoms with Gasteiger partial charge in [0.15, 0.2) is 0 Å². The van der Waals surface area contributed by atoms with Gasteiger partial charge in [0.25, 0.3) is 0 Å². The number of para-hydroxylation sites is 2. The van der Waals surface area contributed by atoms with Gasteiger partial charge in [-0.1, -0.05) is 12.1 Å². The first-order valence-electron chi connectivity index (χ1n) is 8.66. The Morgan fingerprint density at radius 1 is 1.19 bits per heavy atom. The Balaban J connectivity index is 1.43. The molecule has 6 nitrogen and oxygen atoms in total. The van der Waals surface area contributed by atoms with Crippen molar-refractivity contribution in [1.29, 1.82) is 0 Å². The van der Waals surface area contributed by atoms with Crippen LogP contribution in [0.15, 0.2) is 48.7 Å². The molecule has 1 aromatic heterocycles. The summed E-state index contributed by atoms with van der Waals surface area (Å²) in [6.07, 6.45) is 3.30. The van der Waals surface area contributed by atoms with E-state index < -0.39 is 0 Å². The maximum atomic E-state index is 12.0. The van der Waals surface area contributed by atoms with E-state index in [1.54, 1.807) is 19.2 Å². The van der Waals surface area contributed by atoms with Gasteiger partial charge in [0.1, 0.15) is 5.75 Å². The summed E-state index contributed by atoms with van der Waals surface area (Å²) >= 11 is 0. The first kappa shape index (κ1) is 17.8. The number of carbonyl (C=O) groups is 1. The molecule has 3 aromatic rings. The van der Waals surface area contributed by atoms with E-state index in [1.807, 2.05) is 36.5 Å². The van der Waals surface area contributed by atoms with Crippen LogP contribution in [0.4, 0.5) is 11.4 Å². The molecule has 0 aliphatic carbocycles. The highest BCUT2D eigenvalue weighted by Crippen LogP contribution is 2.23. The smallest absolute Gasteiger partial charge is 0.225 e. The highest BCUT2D eigenvalue weighted by Gasteiger charge is 2.06. The number of nitrogen functional groups attached to an aromatic ring is 1. The van der Waals surface area contributed by atoms with E-state index in [0.717, 1.165) is 24.2 Å². The fourth-order valence-corrected chi connectivity index (χ4v) is 2.86. The molecule has 1 amide bonds. The van der Waals surface area contributed by atoms with E-state index >= 15 is 0 Å². The molecule has 6 heteroatoms. The third kappa shape index (κ3) is 4.34. The predicted octanol–water partition coefficient (Wildman–Crippen LogP) is 2.92. The van der Waals surface area contributed by atoms with Gasteiger partial charge >= 0.3 is 0 Å². The molecular formula is C20H24N4O2. The second-order valence-corrected chi connectivity index (χ2v) is 6.11. The van der Waals surface area contributed by atoms with E-state index in [4.69, 9.17) is 10.5 Å². The van der Waals surface area contributed by atoms with Crippen molar-refractivity contribution in [2.24, 2.45) is 0 Å². The van der Waals surface area contributed by atoms with Gasteiger partial charge in [-0.05, 0) is 48.9 Å². The van der Waals surface area contributed by atoms with Crippen LogP contribution in [0.1, 0.15) is 12.0 Å². The fraction of sp³-hybridized carbons (Fsp3) is 0.250. The number of carbonyl (C=O) groups excluding carboxylic acids is 1. The number of methoxy groups -OCH3 is 1. The molecule has 0 radical (unpaired) electrons. The summed E-state index contributed by atoms with van der Waals surface area (Å²) in [4.78, 5) is 15.2. The van der Waals surface area contributed by atoms with E-state index in [2.05, 4.69) is 15.6 Å². The second-order valence-electron chi connectivity index (χ2n) is 6.11. The summed E-state index contributed by atoms with van der Waals surface area (Å²) in [5.74, 6) is 0.801. The molecular weight excluding hydrogens is 328 g/mol. The van der Waals surface area contributed by atoms with Gasteiger partial charge in [-0.2, -0.15) is 0 Å². The van der Waals surface area contributed by atoms with Crippen LogP contribution in [0, 0.1) is 0 Å². The van der Waals surface area contributed by atoms with Crippen molar-refractivity contribution in [2.75, 3.05) is 31.2 Å². The summed E-state index contributed by atoms with van der Waals surface area (Å²) in [6.45, 7) is 1.41. The third-order valence-electron chi connectivity index (χ3n) is 4.31. The SMILES string of the molecule is COc1ccc2[nH]cc(CCNCCC(=O)Nc3ccccc3N)c2c1. The second kappa shape index (κ2) is 8.40. The molecule has 0 bridgehead atoms. The van der Waals surface area contributed by atoms with Crippen LogP contribution >= 0.6 is 0 Å². The van der Waals surface area contributed by atoms with Gasteiger partial charge in [-0.3, -0.25) is 4.79 Å². The molecule has 0 unspecified atom stereocenters. The standard InChI is InChI=1S/C20H24N4O2/c1-26-15-6-7-18-16(12-15)14(13-23-18)8-10-22-11-9-20(25)24-19-5-3-2-4-17(19)21/h2-7,12-13,22-23H,8-11,21H2,1H3,(H,24,25). The van der Waals surface area contributed by atoms with E-state index in [1.165, 1.54) is 10.9 Å². The van der Waals surface area contributed by atoms with Crippen LogP contribution in [0.25, 0.3) is 10.9 Å². The first-order chi connectivity index (χ1) is 12.7. The molecule has 0 atom stereocenters. The number of ether oxygens (including phenoxy) is 1. The van der Waals surface area contributed by atoms with Gasteiger partial charge in [-0.15, -0.1) is 0 Å². The number of rotatable bonds is 8. The molecule has 1 heterocycles. The van der Waals surface area contributed by atoms with E-state index in [9.17, 15) is 4.79 Å². The maximum Gasteiger partial charge on any atom is 0.225 e. The van der Waals surface area contributed by atoms with Gasteiger partial charge in [0, 0.05) is 30.1 Å². The van der Waals surface area contributed by atoms with Crippen molar-refractivity contribution in [3.63, 3.8) is 0 Å². The molecule has 0 aliphatic heterocycles. The number of nitrogens with one attached hydrogen (secondary N) is 3. The number of H-pyrrole nitrogens is 1. The quantitative estimate of drug-likeness (QED) is 0.370. The zero-order valence-electron chi connectivity index (χ0n) is 14.8. The van der Waals surface area contributed by atoms with Crippen LogP contribution in [0.3, 0.4) is 0 Å². The minimum atomic E-state index is -0.0489. The molecule has 3 rings (SSSR count). The zero-order valence-corrected chi connectivity index (χ0v) is 14.8. The number of aromatic amines is 1. The first-order valence-corrected chi connectivity index (χ1v) is 8.66. The molecule has 0 saturated carbocycles. The van der Waals surface area contributed by atoms with Crippen molar-refractivity contribution in [2.45, 2.75) is 12.8 Å². The summed E-state index contributed by atoms with van der Waals surface area (Å²) < 4.78 is 5.29. The molecule has 2 aromatic carbocycles. The van der Waals surface area contributed by atoms with Crippen molar-refractivity contribution >= 4 is 28.2 Å². The molecule has 26 heavy (non-hydrogen) atoms. The number of anilines is 2. The average molecular weight is 352 g/mol. The summed E-state index contributed by atoms with van der Waals surface area (Å²) in [7, 11) is 1.67. The largest absolute Gasteiger partial charge is 0.497 e. The van der Waals surface area contributed by atoms with Crippen LogP contribution < -0.4 is 21.1 Å². The lowest BCUT2D eigenvalue weighted by molar-refractivity contribution is -0.116. The lowest BCUT2D eigenvalue weighted by Gasteiger charge is -2.08. The van der Waals surface area contributed by atoms with Crippen LogP contribution in [0.5, 0.6) is 5.75 Å². The minimum absolute atomic E-state index is 0.0489. The van der Waals surface area contributed by atoms with Crippen molar-refractivity contribution in [3.8, 4) is 5.75 Å². The Morgan fingerprint density at radius 3 is 2.85 bits per heavy atom. The van der Waals surface area contributed by atoms with E-state index in [-0.39, 0.29) is 5.91 Å². The number of hydrogen-bond donors (Lipinski definition) is 4. The number of nitrogens with two attached hydrogens (primary N) is 1. The van der Waals surface area contributed by atoms with Gasteiger partial charge in [-0.25, -0.2) is 0 Å². The third-order valence-corrected chi connectivity index (χ3v) is 4.31. The molecule has 0 saturated heterocycles. The molecule has 5 N–H and O–H groups in total. The van der Waals surface area contributed by atoms with Crippen LogP contribution in [-0.2, 0) is 11.2 Å². The number of amides is 1. The molecule has 0 spiro atoms. The normalized spacial score (nSPS) is 10.8. The lowest BCUT2D eigenvalue weighted by atomic mass is 10.1. The molecule has 0 fully saturated rings. The fourth-order valence-electron chi connectivity index (χ4n) is 2.86. The van der Waals surface area contributed by atoms with Gasteiger partial charge in [0.2, 0.25) is 5.91 Å². The average Bonchev–Trinajstić information content (AvgIpc) is 3.05. The molecule has 0 aliphatic rings. The summed E-state index contributed by atoms with van der Waals surface area (Å²) in [5.41, 5.74) is 9.38. The van der Waals surface area contributed by atoms with Crippen LogP contribution in [0.2, 0.25) is 0 Å². The summed E-state index contributed by atoms with van der Waals surface area (Å²) in [6, 6.07) is 13.3. The highest BCUT2D eigenvalue weighted by molar-refractivity contribution is 5.93. The topological polar surface area (TPSA) is 92.2 Å². The number of benzene rings is 2. The van der Waals surface area contributed by atoms with E-state index in [0.29, 0.717) is 24.3 Å². The predicted molar refractivity (Wildman–Crippen MR) is 106 cm³/mol. The van der Waals surface area contributed by atoms with Gasteiger partial charge in [0.05, 0.1) is 18.5 Å². The Kier molecular flexibility index (Phi) is 5.76.